The first-order chi connectivity index (χ1) is 14.5. The van der Waals surface area contributed by atoms with E-state index in [1.165, 1.54) is 53.7 Å². The molecule has 1 amide bonds. The maximum absolute atomic E-state index is 13.2. The van der Waals surface area contributed by atoms with Gasteiger partial charge in [-0.05, 0) is 29.8 Å². The molecule has 0 bridgehead atoms. The Kier molecular flexibility index (Phi) is 6.12. The van der Waals surface area contributed by atoms with Gasteiger partial charge in [-0.1, -0.05) is 36.0 Å². The number of thiazole rings is 1. The number of esters is 1. The number of hydrogen-bond donors (Lipinski definition) is 1. The van der Waals surface area contributed by atoms with E-state index in [1.54, 1.807) is 17.5 Å². The number of amides is 1. The van der Waals surface area contributed by atoms with Gasteiger partial charge >= 0.3 is 5.97 Å². The third kappa shape index (κ3) is 4.38. The van der Waals surface area contributed by atoms with Crippen molar-refractivity contribution in [3.05, 3.63) is 65.3 Å². The number of aromatic nitrogens is 1. The SMILES string of the molecule is COC(=O)c1c(-c2ccc(F)cc2)csc1NC(=O)CSc1nc2ccccc2s1. The molecule has 2 aromatic carbocycles. The summed E-state index contributed by atoms with van der Waals surface area (Å²) in [6.07, 6.45) is 0. The van der Waals surface area contributed by atoms with Crippen molar-refractivity contribution in [3.8, 4) is 11.1 Å². The molecule has 5 nitrogen and oxygen atoms in total. The van der Waals surface area contributed by atoms with Gasteiger partial charge in [-0.15, -0.1) is 22.7 Å². The Hall–Kier alpha value is -2.75. The number of anilines is 1. The molecule has 1 N–H and O–H groups in total. The smallest absolute Gasteiger partial charge is 0.341 e. The van der Waals surface area contributed by atoms with Crippen molar-refractivity contribution >= 4 is 61.5 Å². The molecule has 9 heteroatoms. The van der Waals surface area contributed by atoms with Crippen LogP contribution in [0.25, 0.3) is 21.3 Å². The second-order valence-corrected chi connectivity index (χ2v) is 9.27. The zero-order valence-electron chi connectivity index (χ0n) is 15.7. The first-order valence-corrected chi connectivity index (χ1v) is 11.5. The molecule has 0 aliphatic heterocycles. The Morgan fingerprint density at radius 1 is 1.17 bits per heavy atom. The molecule has 0 aliphatic carbocycles. The van der Waals surface area contributed by atoms with Crippen molar-refractivity contribution in [2.24, 2.45) is 0 Å². The second kappa shape index (κ2) is 8.95. The lowest BCUT2D eigenvalue weighted by Gasteiger charge is -2.07. The highest BCUT2D eigenvalue weighted by Crippen LogP contribution is 2.36. The van der Waals surface area contributed by atoms with Gasteiger partial charge in [-0.2, -0.15) is 0 Å². The minimum Gasteiger partial charge on any atom is -0.465 e. The number of benzene rings is 2. The zero-order valence-corrected chi connectivity index (χ0v) is 18.1. The van der Waals surface area contributed by atoms with Crippen molar-refractivity contribution < 1.29 is 18.7 Å². The third-order valence-electron chi connectivity index (χ3n) is 4.19. The second-order valence-electron chi connectivity index (χ2n) is 6.14. The standard InChI is InChI=1S/C21H15FN2O3S3/c1-27-20(26)18-14(12-6-8-13(22)9-7-12)10-28-19(18)24-17(25)11-29-21-23-15-4-2-3-5-16(15)30-21/h2-10H,11H2,1H3,(H,24,25). The maximum Gasteiger partial charge on any atom is 0.341 e. The molecule has 30 heavy (non-hydrogen) atoms. The van der Waals surface area contributed by atoms with Crippen molar-refractivity contribution in [2.45, 2.75) is 4.34 Å². The number of para-hydroxylation sites is 1. The highest BCUT2D eigenvalue weighted by Gasteiger charge is 2.22. The molecule has 0 unspecified atom stereocenters. The first-order valence-electron chi connectivity index (χ1n) is 8.79. The Morgan fingerprint density at radius 3 is 2.67 bits per heavy atom. The molecule has 0 fully saturated rings. The predicted molar refractivity (Wildman–Crippen MR) is 120 cm³/mol. The number of nitrogens with one attached hydrogen (secondary N) is 1. The van der Waals surface area contributed by atoms with Crippen LogP contribution in [0.15, 0.2) is 58.3 Å². The summed E-state index contributed by atoms with van der Waals surface area (Å²) in [5, 5.41) is 4.94. The topological polar surface area (TPSA) is 68.3 Å². The average molecular weight is 459 g/mol. The number of carbonyl (C=O) groups is 2. The molecule has 0 atom stereocenters. The van der Waals surface area contributed by atoms with Gasteiger partial charge in [0.05, 0.1) is 23.1 Å². The van der Waals surface area contributed by atoms with Crippen LogP contribution < -0.4 is 5.32 Å². The molecule has 2 aromatic heterocycles. The van der Waals surface area contributed by atoms with Gasteiger partial charge in [-0.3, -0.25) is 4.79 Å². The monoisotopic (exact) mass is 458 g/mol. The molecule has 152 valence electrons. The quantitative estimate of drug-likeness (QED) is 0.297. The van der Waals surface area contributed by atoms with Crippen molar-refractivity contribution in [2.75, 3.05) is 18.2 Å². The summed E-state index contributed by atoms with van der Waals surface area (Å²) in [6.45, 7) is 0. The van der Waals surface area contributed by atoms with E-state index in [0.29, 0.717) is 16.1 Å². The largest absolute Gasteiger partial charge is 0.465 e. The summed E-state index contributed by atoms with van der Waals surface area (Å²) in [5.74, 6) is -1.03. The Balaban J connectivity index is 1.51. The van der Waals surface area contributed by atoms with Gasteiger partial charge in [0.2, 0.25) is 5.91 Å². The number of thioether (sulfide) groups is 1. The Labute approximate surface area is 183 Å². The number of hydrogen-bond acceptors (Lipinski definition) is 7. The fourth-order valence-electron chi connectivity index (χ4n) is 2.80. The van der Waals surface area contributed by atoms with Crippen LogP contribution in [-0.2, 0) is 9.53 Å². The molecule has 0 radical (unpaired) electrons. The van der Waals surface area contributed by atoms with E-state index in [4.69, 9.17) is 4.74 Å². The number of methoxy groups -OCH3 is 1. The minimum absolute atomic E-state index is 0.157. The number of carbonyl (C=O) groups excluding carboxylic acids is 2. The van der Waals surface area contributed by atoms with Crippen LogP contribution >= 0.6 is 34.4 Å². The third-order valence-corrected chi connectivity index (χ3v) is 7.26. The summed E-state index contributed by atoms with van der Waals surface area (Å²) >= 11 is 4.09. The van der Waals surface area contributed by atoms with E-state index in [-0.39, 0.29) is 23.0 Å². The molecular weight excluding hydrogens is 443 g/mol. The zero-order chi connectivity index (χ0) is 21.1. The number of fused-ring (bicyclic) bond motifs is 1. The summed E-state index contributed by atoms with van der Waals surface area (Å²) in [5.41, 5.74) is 2.41. The lowest BCUT2D eigenvalue weighted by atomic mass is 10.0. The number of nitrogens with zero attached hydrogens (tertiary/aromatic N) is 1. The van der Waals surface area contributed by atoms with Crippen LogP contribution in [0.2, 0.25) is 0 Å². The number of rotatable bonds is 6. The highest BCUT2D eigenvalue weighted by atomic mass is 32.2. The van der Waals surface area contributed by atoms with E-state index in [2.05, 4.69) is 10.3 Å². The van der Waals surface area contributed by atoms with E-state index >= 15 is 0 Å². The summed E-state index contributed by atoms with van der Waals surface area (Å²) in [4.78, 5) is 29.4. The molecule has 2 heterocycles. The molecule has 4 aromatic rings. The first kappa shape index (κ1) is 20.5. The van der Waals surface area contributed by atoms with Gasteiger partial charge < -0.3 is 10.1 Å². The lowest BCUT2D eigenvalue weighted by Crippen LogP contribution is -2.15. The normalized spacial score (nSPS) is 10.9. The minimum atomic E-state index is -0.565. The summed E-state index contributed by atoms with van der Waals surface area (Å²) in [6, 6.07) is 13.6. The van der Waals surface area contributed by atoms with E-state index < -0.39 is 5.97 Å². The summed E-state index contributed by atoms with van der Waals surface area (Å²) < 4.78 is 20.0. The fourth-order valence-corrected chi connectivity index (χ4v) is 5.64. The number of ether oxygens (including phenoxy) is 1. The Bertz CT molecular complexity index is 1180. The highest BCUT2D eigenvalue weighted by molar-refractivity contribution is 8.01. The van der Waals surface area contributed by atoms with E-state index in [1.807, 2.05) is 24.3 Å². The molecular formula is C21H15FN2O3S3. The van der Waals surface area contributed by atoms with Crippen molar-refractivity contribution in [1.82, 2.24) is 4.98 Å². The van der Waals surface area contributed by atoms with Crippen LogP contribution in [0.4, 0.5) is 9.39 Å². The molecule has 4 rings (SSSR count). The van der Waals surface area contributed by atoms with Crippen LogP contribution in [0.3, 0.4) is 0 Å². The van der Waals surface area contributed by atoms with Gasteiger partial charge in [0.25, 0.3) is 0 Å². The average Bonchev–Trinajstić information content (AvgIpc) is 3.36. The number of thiophene rings is 1. The predicted octanol–water partition coefficient (Wildman–Crippen LogP) is 5.68. The van der Waals surface area contributed by atoms with Crippen LogP contribution in [-0.4, -0.2) is 29.7 Å². The van der Waals surface area contributed by atoms with E-state index in [9.17, 15) is 14.0 Å². The molecule has 0 saturated heterocycles. The molecule has 0 saturated carbocycles. The lowest BCUT2D eigenvalue weighted by molar-refractivity contribution is -0.113. The number of halogens is 1. The van der Waals surface area contributed by atoms with Gasteiger partial charge in [0.1, 0.15) is 16.4 Å². The van der Waals surface area contributed by atoms with Gasteiger partial charge in [-0.25, -0.2) is 14.2 Å². The van der Waals surface area contributed by atoms with Gasteiger partial charge in [0, 0.05) is 10.9 Å². The summed E-state index contributed by atoms with van der Waals surface area (Å²) in [7, 11) is 1.28. The molecule has 0 spiro atoms. The van der Waals surface area contributed by atoms with Gasteiger partial charge in [0.15, 0.2) is 4.34 Å². The van der Waals surface area contributed by atoms with Crippen molar-refractivity contribution in [3.63, 3.8) is 0 Å². The fraction of sp³-hybridized carbons (Fsp3) is 0.0952. The van der Waals surface area contributed by atoms with Crippen molar-refractivity contribution in [1.29, 1.82) is 0 Å². The maximum atomic E-state index is 13.2. The van der Waals surface area contributed by atoms with Crippen LogP contribution in [0, 0.1) is 5.82 Å². The van der Waals surface area contributed by atoms with Crippen LogP contribution in [0.1, 0.15) is 10.4 Å². The van der Waals surface area contributed by atoms with Crippen LogP contribution in [0.5, 0.6) is 0 Å². The Morgan fingerprint density at radius 2 is 1.93 bits per heavy atom. The molecule has 0 aliphatic rings. The van der Waals surface area contributed by atoms with E-state index in [0.717, 1.165) is 14.6 Å².